The molecule has 0 unspecified atom stereocenters. The number of hydrogen-bond acceptors (Lipinski definition) is 3. The number of carbonyl (C=O) groups excluding carboxylic acids is 1. The van der Waals surface area contributed by atoms with Gasteiger partial charge in [-0.3, -0.25) is 4.79 Å². The van der Waals surface area contributed by atoms with Gasteiger partial charge in [0.05, 0.1) is 12.3 Å². The number of rotatable bonds is 4. The molecule has 0 N–H and O–H groups in total. The fourth-order valence-corrected chi connectivity index (χ4v) is 3.85. The quantitative estimate of drug-likeness (QED) is 0.550. The van der Waals surface area contributed by atoms with Gasteiger partial charge in [-0.25, -0.2) is 4.39 Å². The number of anilines is 1. The first kappa shape index (κ1) is 26.1. The molecular formula is C19H17F11N2O2. The highest BCUT2D eigenvalue weighted by Crippen LogP contribution is 2.69. The first-order valence-electron chi connectivity index (χ1n) is 9.77. The van der Waals surface area contributed by atoms with E-state index in [-0.39, 0.29) is 24.6 Å². The highest BCUT2D eigenvalue weighted by molar-refractivity contribution is 5.89. The minimum absolute atomic E-state index is 0.1000. The van der Waals surface area contributed by atoms with E-state index in [0.29, 0.717) is 11.4 Å². The number of nitrogens with zero attached hydrogens (tertiary/aromatic N) is 2. The lowest BCUT2D eigenvalue weighted by Crippen LogP contribution is -2.86. The van der Waals surface area contributed by atoms with Gasteiger partial charge in [-0.2, -0.15) is 43.9 Å². The highest BCUT2D eigenvalue weighted by atomic mass is 19.4. The molecule has 3 rings (SSSR count). The van der Waals surface area contributed by atoms with E-state index in [0.717, 1.165) is 0 Å². The van der Waals surface area contributed by atoms with Crippen LogP contribution in [-0.2, 0) is 4.79 Å². The molecule has 0 radical (unpaired) electrons. The number of carbonyl (C=O) groups is 1. The van der Waals surface area contributed by atoms with Crippen molar-refractivity contribution in [3.63, 3.8) is 0 Å². The van der Waals surface area contributed by atoms with Crippen molar-refractivity contribution >= 4 is 11.6 Å². The largest absolute Gasteiger partial charge is 0.492 e. The van der Waals surface area contributed by atoms with E-state index in [1.807, 2.05) is 0 Å². The van der Waals surface area contributed by atoms with Gasteiger partial charge in [-0.1, -0.05) is 12.1 Å². The van der Waals surface area contributed by atoms with Crippen molar-refractivity contribution < 1.29 is 57.8 Å². The maximum absolute atomic E-state index is 15.0. The summed E-state index contributed by atoms with van der Waals surface area (Å²) >= 11 is 0. The number of alkyl halides is 11. The van der Waals surface area contributed by atoms with Gasteiger partial charge in [0, 0.05) is 26.2 Å². The van der Waals surface area contributed by atoms with E-state index in [9.17, 15) is 48.7 Å². The number of ether oxygens (including phenoxy) is 1. The second-order valence-corrected chi connectivity index (χ2v) is 7.71. The molecule has 0 bridgehead atoms. The molecule has 4 nitrogen and oxygen atoms in total. The summed E-state index contributed by atoms with van der Waals surface area (Å²) in [5, 5.41) is 0. The molecule has 1 heterocycles. The normalized spacial score (nSPS) is 26.1. The average molecular weight is 514 g/mol. The zero-order chi connectivity index (χ0) is 26.0. The summed E-state index contributed by atoms with van der Waals surface area (Å²) in [6.07, 6.45) is 0. The van der Waals surface area contributed by atoms with E-state index in [4.69, 9.17) is 4.74 Å². The van der Waals surface area contributed by atoms with Crippen LogP contribution >= 0.6 is 0 Å². The van der Waals surface area contributed by atoms with E-state index >= 15 is 4.39 Å². The highest BCUT2D eigenvalue weighted by Gasteiger charge is 3.03. The van der Waals surface area contributed by atoms with Crippen LogP contribution in [0.2, 0.25) is 0 Å². The standard InChI is InChI=1S/C19H17F11N2O2/c1-2-34-12-6-4-3-5-11(12)31-7-9-32(10-8-31)13(33)14(20)15(21,22)17(25,26)19(29,30)18(27,28)16(14,23)24/h3-6H,2,7-10H2,1H3. The Hall–Kier alpha value is -2.48. The Morgan fingerprint density at radius 2 is 1.21 bits per heavy atom. The monoisotopic (exact) mass is 514 g/mol. The molecule has 1 aromatic carbocycles. The van der Waals surface area contributed by atoms with E-state index in [1.165, 1.54) is 11.0 Å². The van der Waals surface area contributed by atoms with E-state index in [1.54, 1.807) is 25.1 Å². The summed E-state index contributed by atoms with van der Waals surface area (Å²) < 4.78 is 158. The molecule has 34 heavy (non-hydrogen) atoms. The van der Waals surface area contributed by atoms with Gasteiger partial charge < -0.3 is 14.5 Å². The van der Waals surface area contributed by atoms with Crippen LogP contribution in [0, 0.1) is 0 Å². The van der Waals surface area contributed by atoms with Crippen molar-refractivity contribution in [3.8, 4) is 5.75 Å². The molecule has 0 spiro atoms. The fraction of sp³-hybridized carbons (Fsp3) is 0.632. The van der Waals surface area contributed by atoms with Crippen LogP contribution in [0.1, 0.15) is 6.92 Å². The minimum atomic E-state index is -7.36. The predicted octanol–water partition coefficient (Wildman–Crippen LogP) is 4.63. The molecule has 1 amide bonds. The van der Waals surface area contributed by atoms with Gasteiger partial charge in [-0.05, 0) is 19.1 Å². The summed E-state index contributed by atoms with van der Waals surface area (Å²) in [5.41, 5.74) is -6.25. The molecule has 1 saturated heterocycles. The molecular weight excluding hydrogens is 497 g/mol. The maximum atomic E-state index is 15.0. The number of halogens is 11. The summed E-state index contributed by atoms with van der Waals surface area (Å²) in [7, 11) is 0. The Balaban J connectivity index is 1.94. The zero-order valence-electron chi connectivity index (χ0n) is 17.2. The van der Waals surface area contributed by atoms with Gasteiger partial charge >= 0.3 is 35.3 Å². The molecule has 15 heteroatoms. The van der Waals surface area contributed by atoms with E-state index < -0.39 is 54.3 Å². The van der Waals surface area contributed by atoms with Crippen molar-refractivity contribution in [2.75, 3.05) is 37.7 Å². The third-order valence-electron chi connectivity index (χ3n) is 5.81. The number of hydrogen-bond donors (Lipinski definition) is 0. The Kier molecular flexibility index (Phi) is 5.97. The van der Waals surface area contributed by atoms with Crippen LogP contribution in [0.5, 0.6) is 5.75 Å². The van der Waals surface area contributed by atoms with Crippen LogP contribution in [0.3, 0.4) is 0 Å². The smallest absolute Gasteiger partial charge is 0.384 e. The second kappa shape index (κ2) is 7.77. The van der Waals surface area contributed by atoms with Gasteiger partial charge in [0.15, 0.2) is 0 Å². The Morgan fingerprint density at radius 3 is 1.68 bits per heavy atom. The first-order chi connectivity index (χ1) is 15.4. The fourth-order valence-electron chi connectivity index (χ4n) is 3.85. The van der Waals surface area contributed by atoms with Crippen molar-refractivity contribution in [2.45, 2.75) is 42.2 Å². The zero-order valence-corrected chi connectivity index (χ0v) is 17.2. The van der Waals surface area contributed by atoms with Crippen LogP contribution in [0.15, 0.2) is 24.3 Å². The van der Waals surface area contributed by atoms with Gasteiger partial charge in [-0.15, -0.1) is 0 Å². The summed E-state index contributed by atoms with van der Waals surface area (Å²) in [4.78, 5) is 13.7. The Bertz CT molecular complexity index is 916. The Morgan fingerprint density at radius 1 is 0.765 bits per heavy atom. The third-order valence-corrected chi connectivity index (χ3v) is 5.81. The van der Waals surface area contributed by atoms with Crippen LogP contribution in [0.4, 0.5) is 54.0 Å². The molecule has 1 saturated carbocycles. The summed E-state index contributed by atoms with van der Waals surface area (Å²) in [5.74, 6) is -39.1. The first-order valence-corrected chi connectivity index (χ1v) is 9.77. The van der Waals surface area contributed by atoms with E-state index in [2.05, 4.69) is 0 Å². The van der Waals surface area contributed by atoms with Gasteiger partial charge in [0.2, 0.25) is 0 Å². The summed E-state index contributed by atoms with van der Waals surface area (Å²) in [6, 6.07) is 6.25. The van der Waals surface area contributed by atoms with Crippen LogP contribution in [0.25, 0.3) is 0 Å². The molecule has 2 fully saturated rings. The molecule has 1 aromatic rings. The molecule has 2 aliphatic rings. The predicted molar refractivity (Wildman–Crippen MR) is 95.0 cm³/mol. The lowest BCUT2D eigenvalue weighted by atomic mass is 9.71. The SMILES string of the molecule is CCOc1ccccc1N1CCN(C(=O)C2(F)C(F)(F)C(F)(F)C(F)(F)C(F)(F)C2(F)F)CC1. The Labute approximate surface area is 185 Å². The third kappa shape index (κ3) is 3.00. The molecule has 0 atom stereocenters. The molecule has 1 aliphatic heterocycles. The number of amides is 1. The average Bonchev–Trinajstić information content (AvgIpc) is 2.77. The topological polar surface area (TPSA) is 32.8 Å². The summed E-state index contributed by atoms with van der Waals surface area (Å²) in [6.45, 7) is -0.502. The molecule has 192 valence electrons. The molecule has 0 aromatic heterocycles. The van der Waals surface area contributed by atoms with Crippen molar-refractivity contribution in [2.24, 2.45) is 0 Å². The van der Waals surface area contributed by atoms with Gasteiger partial charge in [0.1, 0.15) is 5.75 Å². The lowest BCUT2D eigenvalue weighted by molar-refractivity contribution is -0.477. The lowest BCUT2D eigenvalue weighted by Gasteiger charge is -2.52. The van der Waals surface area contributed by atoms with Crippen LogP contribution < -0.4 is 9.64 Å². The van der Waals surface area contributed by atoms with Gasteiger partial charge in [0.25, 0.3) is 5.91 Å². The maximum Gasteiger partial charge on any atom is 0.384 e. The van der Waals surface area contributed by atoms with Crippen LogP contribution in [-0.4, -0.2) is 78.9 Å². The van der Waals surface area contributed by atoms with Crippen molar-refractivity contribution in [1.82, 2.24) is 4.90 Å². The minimum Gasteiger partial charge on any atom is -0.492 e. The van der Waals surface area contributed by atoms with Crippen molar-refractivity contribution in [1.29, 1.82) is 0 Å². The number of piperazine rings is 1. The molecule has 1 aliphatic carbocycles. The number of para-hydroxylation sites is 2. The van der Waals surface area contributed by atoms with Crippen molar-refractivity contribution in [3.05, 3.63) is 24.3 Å². The number of benzene rings is 1. The second-order valence-electron chi connectivity index (χ2n) is 7.71.